The summed E-state index contributed by atoms with van der Waals surface area (Å²) in [5, 5.41) is 2.97. The average Bonchev–Trinajstić information content (AvgIpc) is 2.75. The smallest absolute Gasteiger partial charge is 0.266 e. The highest BCUT2D eigenvalue weighted by Gasteiger charge is 2.17. The second kappa shape index (κ2) is 8.99. The van der Waals surface area contributed by atoms with E-state index in [-0.39, 0.29) is 22.3 Å². The van der Waals surface area contributed by atoms with Gasteiger partial charge in [0.25, 0.3) is 5.56 Å². The first-order chi connectivity index (χ1) is 14.9. The lowest BCUT2D eigenvalue weighted by Gasteiger charge is -2.14. The van der Waals surface area contributed by atoms with Gasteiger partial charge in [-0.15, -0.1) is 0 Å². The third-order valence-corrected chi connectivity index (χ3v) is 5.81. The maximum atomic E-state index is 14.5. The van der Waals surface area contributed by atoms with E-state index in [0.717, 1.165) is 16.3 Å². The molecule has 0 bridgehead atoms. The molecule has 5 nitrogen and oxygen atoms in total. The number of nitrogens with zero attached hydrogens (tertiary/aromatic N) is 2. The number of halogens is 3. The third-order valence-electron chi connectivity index (χ3n) is 4.38. The Balaban J connectivity index is 1.68. The SMILES string of the molecule is O=C(CSc1nc2ccccc2c(=O)n1-c1ccccc1F)Nc1ccc(Br)cc1F. The third kappa shape index (κ3) is 4.52. The monoisotopic (exact) mass is 501 g/mol. The van der Waals surface area contributed by atoms with Crippen molar-refractivity contribution >= 4 is 50.2 Å². The molecule has 0 spiro atoms. The Kier molecular flexibility index (Phi) is 6.15. The maximum Gasteiger partial charge on any atom is 0.266 e. The minimum absolute atomic E-state index is 0.0340. The van der Waals surface area contributed by atoms with Crippen molar-refractivity contribution in [2.45, 2.75) is 5.16 Å². The molecule has 3 aromatic carbocycles. The second-order valence-electron chi connectivity index (χ2n) is 6.46. The van der Waals surface area contributed by atoms with Crippen LogP contribution in [0.5, 0.6) is 0 Å². The molecule has 1 aromatic heterocycles. The molecule has 0 saturated heterocycles. The van der Waals surface area contributed by atoms with Crippen LogP contribution in [0.3, 0.4) is 0 Å². The van der Waals surface area contributed by atoms with Crippen LogP contribution in [0.4, 0.5) is 14.5 Å². The van der Waals surface area contributed by atoms with Gasteiger partial charge in [0, 0.05) is 4.47 Å². The van der Waals surface area contributed by atoms with Gasteiger partial charge in [0.05, 0.1) is 28.0 Å². The van der Waals surface area contributed by atoms with Gasteiger partial charge >= 0.3 is 0 Å². The first-order valence-corrected chi connectivity index (χ1v) is 10.9. The van der Waals surface area contributed by atoms with Crippen LogP contribution in [0.2, 0.25) is 0 Å². The summed E-state index contributed by atoms with van der Waals surface area (Å²) in [4.78, 5) is 29.9. The number of nitrogens with one attached hydrogen (secondary N) is 1. The Bertz CT molecular complexity index is 1360. The molecule has 0 aliphatic heterocycles. The Morgan fingerprint density at radius 2 is 1.77 bits per heavy atom. The van der Waals surface area contributed by atoms with Gasteiger partial charge in [-0.3, -0.25) is 14.2 Å². The van der Waals surface area contributed by atoms with E-state index in [1.807, 2.05) is 0 Å². The van der Waals surface area contributed by atoms with Crippen LogP contribution < -0.4 is 10.9 Å². The Morgan fingerprint density at radius 1 is 1.03 bits per heavy atom. The standard InChI is InChI=1S/C22H14BrF2N3O2S/c23-13-9-10-18(16(25)11-13)26-20(29)12-31-22-27-17-7-3-1-5-14(17)21(30)28(22)19-8-4-2-6-15(19)24/h1-11H,12H2,(H,26,29). The predicted molar refractivity (Wildman–Crippen MR) is 121 cm³/mol. The van der Waals surface area contributed by atoms with Gasteiger partial charge in [0.15, 0.2) is 5.16 Å². The van der Waals surface area contributed by atoms with Gasteiger partial charge < -0.3 is 5.32 Å². The van der Waals surface area contributed by atoms with E-state index in [1.54, 1.807) is 36.4 Å². The fraction of sp³-hybridized carbons (Fsp3) is 0.0455. The highest BCUT2D eigenvalue weighted by molar-refractivity contribution is 9.10. The zero-order chi connectivity index (χ0) is 22.0. The molecule has 0 unspecified atom stereocenters. The van der Waals surface area contributed by atoms with Gasteiger partial charge in [-0.05, 0) is 42.5 Å². The van der Waals surface area contributed by atoms with Crippen LogP contribution in [0, 0.1) is 11.6 Å². The molecule has 156 valence electrons. The maximum absolute atomic E-state index is 14.5. The van der Waals surface area contributed by atoms with E-state index in [4.69, 9.17) is 0 Å². The van der Waals surface area contributed by atoms with Crippen LogP contribution in [0.25, 0.3) is 16.6 Å². The summed E-state index contributed by atoms with van der Waals surface area (Å²) < 4.78 is 30.2. The minimum Gasteiger partial charge on any atom is -0.323 e. The number of thioether (sulfide) groups is 1. The number of amides is 1. The van der Waals surface area contributed by atoms with Crippen molar-refractivity contribution in [3.8, 4) is 5.69 Å². The number of carbonyl (C=O) groups is 1. The first-order valence-electron chi connectivity index (χ1n) is 9.08. The molecule has 0 aliphatic carbocycles. The number of para-hydroxylation sites is 2. The zero-order valence-electron chi connectivity index (χ0n) is 15.8. The number of anilines is 1. The summed E-state index contributed by atoms with van der Waals surface area (Å²) in [6, 6.07) is 16.8. The molecule has 4 rings (SSSR count). The van der Waals surface area contributed by atoms with E-state index in [0.29, 0.717) is 15.4 Å². The molecule has 1 amide bonds. The number of hydrogen-bond donors (Lipinski definition) is 1. The molecule has 1 heterocycles. The molecular weight excluding hydrogens is 488 g/mol. The first kappa shape index (κ1) is 21.2. The summed E-state index contributed by atoms with van der Waals surface area (Å²) in [6.45, 7) is 0. The summed E-state index contributed by atoms with van der Waals surface area (Å²) in [6.07, 6.45) is 0. The number of benzene rings is 3. The van der Waals surface area contributed by atoms with Crippen LogP contribution in [0.1, 0.15) is 0 Å². The molecule has 0 saturated carbocycles. The van der Waals surface area contributed by atoms with Crippen molar-refractivity contribution in [1.82, 2.24) is 9.55 Å². The number of rotatable bonds is 5. The van der Waals surface area contributed by atoms with Crippen LogP contribution in [-0.2, 0) is 4.79 Å². The second-order valence-corrected chi connectivity index (χ2v) is 8.32. The van der Waals surface area contributed by atoms with Crippen LogP contribution in [-0.4, -0.2) is 21.2 Å². The highest BCUT2D eigenvalue weighted by Crippen LogP contribution is 2.24. The minimum atomic E-state index is -0.593. The van der Waals surface area contributed by atoms with E-state index in [9.17, 15) is 18.4 Å². The Morgan fingerprint density at radius 3 is 2.55 bits per heavy atom. The zero-order valence-corrected chi connectivity index (χ0v) is 18.2. The van der Waals surface area contributed by atoms with Crippen molar-refractivity contribution in [1.29, 1.82) is 0 Å². The number of hydrogen-bond acceptors (Lipinski definition) is 4. The normalized spacial score (nSPS) is 10.9. The summed E-state index contributed by atoms with van der Waals surface area (Å²) in [5.74, 6) is -1.83. The van der Waals surface area contributed by atoms with E-state index in [1.165, 1.54) is 30.3 Å². The van der Waals surface area contributed by atoms with E-state index >= 15 is 0 Å². The van der Waals surface area contributed by atoms with E-state index < -0.39 is 23.1 Å². The lowest BCUT2D eigenvalue weighted by atomic mass is 10.2. The summed E-state index contributed by atoms with van der Waals surface area (Å²) in [5.41, 5.74) is 0.0545. The predicted octanol–water partition coefficient (Wildman–Crippen LogP) is 5.16. The molecule has 1 N–H and O–H groups in total. The van der Waals surface area contributed by atoms with Crippen LogP contribution >= 0.6 is 27.7 Å². The summed E-state index contributed by atoms with van der Waals surface area (Å²) in [7, 11) is 0. The fourth-order valence-corrected chi connectivity index (χ4v) is 4.10. The van der Waals surface area contributed by atoms with Crippen molar-refractivity contribution < 1.29 is 13.6 Å². The largest absolute Gasteiger partial charge is 0.323 e. The lowest BCUT2D eigenvalue weighted by molar-refractivity contribution is -0.113. The number of carbonyl (C=O) groups excluding carboxylic acids is 1. The lowest BCUT2D eigenvalue weighted by Crippen LogP contribution is -2.23. The Hall–Kier alpha value is -3.04. The summed E-state index contributed by atoms with van der Waals surface area (Å²) >= 11 is 4.12. The molecule has 0 radical (unpaired) electrons. The topological polar surface area (TPSA) is 64.0 Å². The molecule has 0 atom stereocenters. The van der Waals surface area contributed by atoms with Crippen LogP contribution in [0.15, 0.2) is 81.2 Å². The quantitative estimate of drug-likeness (QED) is 0.303. The van der Waals surface area contributed by atoms with Crippen molar-refractivity contribution in [3.63, 3.8) is 0 Å². The molecule has 9 heteroatoms. The van der Waals surface area contributed by atoms with Gasteiger partial charge in [-0.25, -0.2) is 13.8 Å². The molecule has 4 aromatic rings. The molecular formula is C22H14BrF2N3O2S. The number of fused-ring (bicyclic) bond motifs is 1. The van der Waals surface area contributed by atoms with Crippen molar-refractivity contribution in [2.75, 3.05) is 11.1 Å². The van der Waals surface area contributed by atoms with Crippen molar-refractivity contribution in [3.05, 3.63) is 93.2 Å². The fourth-order valence-electron chi connectivity index (χ4n) is 2.96. The van der Waals surface area contributed by atoms with Crippen molar-refractivity contribution in [2.24, 2.45) is 0 Å². The number of aromatic nitrogens is 2. The molecule has 0 fully saturated rings. The molecule has 0 aliphatic rings. The van der Waals surface area contributed by atoms with Gasteiger partial charge in [0.1, 0.15) is 11.6 Å². The van der Waals surface area contributed by atoms with Gasteiger partial charge in [-0.1, -0.05) is 52.0 Å². The average molecular weight is 502 g/mol. The Labute approximate surface area is 188 Å². The van der Waals surface area contributed by atoms with Gasteiger partial charge in [-0.2, -0.15) is 0 Å². The van der Waals surface area contributed by atoms with Gasteiger partial charge in [0.2, 0.25) is 5.91 Å². The van der Waals surface area contributed by atoms with E-state index in [2.05, 4.69) is 26.2 Å². The highest BCUT2D eigenvalue weighted by atomic mass is 79.9. The molecule has 31 heavy (non-hydrogen) atoms.